The molecule has 2 aromatic carbocycles. The fourth-order valence-electron chi connectivity index (χ4n) is 2.22. The van der Waals surface area contributed by atoms with Crippen LogP contribution in [0.1, 0.15) is 11.1 Å². The molecule has 0 radical (unpaired) electrons. The molecule has 3 nitrogen and oxygen atoms in total. The minimum Gasteiger partial charge on any atom is -0.358 e. The van der Waals surface area contributed by atoms with Gasteiger partial charge in [-0.3, -0.25) is 0 Å². The normalized spacial score (nSPS) is 10.5. The van der Waals surface area contributed by atoms with Crippen molar-refractivity contribution in [2.75, 3.05) is 4.72 Å². The molecule has 0 saturated carbocycles. The number of aromatic nitrogens is 1. The van der Waals surface area contributed by atoms with E-state index in [1.54, 1.807) is 6.20 Å². The highest BCUT2D eigenvalue weighted by molar-refractivity contribution is 8.00. The smallest absolute Gasteiger partial charge is 0.101 e. The second-order valence-electron chi connectivity index (χ2n) is 4.69. The Balaban J connectivity index is 1.91. The third-order valence-corrected chi connectivity index (χ3v) is 4.41. The topological polar surface area (TPSA) is 51.6 Å². The monoisotopic (exact) mass is 311 g/mol. The summed E-state index contributed by atoms with van der Waals surface area (Å²) in [6, 6.07) is 14.2. The van der Waals surface area contributed by atoms with Gasteiger partial charge in [-0.25, -0.2) is 0 Å². The van der Waals surface area contributed by atoms with Gasteiger partial charge < -0.3 is 9.71 Å². The van der Waals surface area contributed by atoms with Crippen LogP contribution in [0.3, 0.4) is 0 Å². The van der Waals surface area contributed by atoms with Gasteiger partial charge in [0.15, 0.2) is 0 Å². The molecule has 0 saturated heterocycles. The molecule has 3 rings (SSSR count). The summed E-state index contributed by atoms with van der Waals surface area (Å²) in [5.41, 5.74) is 3.70. The highest BCUT2D eigenvalue weighted by Crippen LogP contribution is 2.31. The zero-order chi connectivity index (χ0) is 14.8. The average molecular weight is 311 g/mol. The molecule has 0 amide bonds. The maximum atomic E-state index is 9.17. The van der Waals surface area contributed by atoms with Crippen molar-refractivity contribution in [3.63, 3.8) is 0 Å². The number of hydrogen-bond donors (Lipinski definition) is 3. The number of thiol groups is 1. The predicted octanol–water partition coefficient (Wildman–Crippen LogP) is 4.76. The molecule has 1 aromatic heterocycles. The van der Waals surface area contributed by atoms with Crippen molar-refractivity contribution in [1.29, 1.82) is 5.26 Å². The van der Waals surface area contributed by atoms with Crippen molar-refractivity contribution in [1.82, 2.24) is 4.98 Å². The number of benzene rings is 2. The number of aromatic amines is 1. The molecule has 3 aromatic rings. The first kappa shape index (κ1) is 13.9. The summed E-state index contributed by atoms with van der Waals surface area (Å²) >= 11 is 5.81. The highest BCUT2D eigenvalue weighted by Gasteiger charge is 2.10. The first-order valence-electron chi connectivity index (χ1n) is 6.41. The largest absolute Gasteiger partial charge is 0.358 e. The maximum Gasteiger partial charge on any atom is 0.101 e. The van der Waals surface area contributed by atoms with Crippen LogP contribution in [0.25, 0.3) is 10.9 Å². The van der Waals surface area contributed by atoms with Crippen molar-refractivity contribution in [3.05, 3.63) is 53.7 Å². The number of anilines is 1. The Kier molecular flexibility index (Phi) is 3.82. The van der Waals surface area contributed by atoms with Gasteiger partial charge >= 0.3 is 0 Å². The Morgan fingerprint density at radius 1 is 1.19 bits per heavy atom. The Hall–Kier alpha value is -2.03. The molecule has 2 N–H and O–H groups in total. The summed E-state index contributed by atoms with van der Waals surface area (Å²) in [7, 11) is 0. The van der Waals surface area contributed by atoms with E-state index >= 15 is 0 Å². The van der Waals surface area contributed by atoms with Gasteiger partial charge in [-0.15, -0.1) is 12.6 Å². The second-order valence-corrected chi connectivity index (χ2v) is 6.09. The summed E-state index contributed by atoms with van der Waals surface area (Å²) < 4.78 is 3.34. The summed E-state index contributed by atoms with van der Waals surface area (Å²) in [6.07, 6.45) is 1.75. The van der Waals surface area contributed by atoms with Crippen molar-refractivity contribution in [3.8, 4) is 6.07 Å². The molecule has 1 heterocycles. The van der Waals surface area contributed by atoms with Gasteiger partial charge in [0.25, 0.3) is 0 Å². The van der Waals surface area contributed by atoms with E-state index in [4.69, 9.17) is 0 Å². The molecular formula is C16H13N3S2. The number of nitriles is 1. The SMILES string of the molecule is Cc1ccc(NSc2ccc(S)cc2)c2[nH]cc(C#N)c12. The Morgan fingerprint density at radius 2 is 1.95 bits per heavy atom. The van der Waals surface area contributed by atoms with Gasteiger partial charge in [0.2, 0.25) is 0 Å². The lowest BCUT2D eigenvalue weighted by atomic mass is 10.1. The van der Waals surface area contributed by atoms with Crippen molar-refractivity contribution < 1.29 is 0 Å². The summed E-state index contributed by atoms with van der Waals surface area (Å²) in [5, 5.41) is 10.2. The van der Waals surface area contributed by atoms with Crippen LogP contribution in [0.4, 0.5) is 5.69 Å². The van der Waals surface area contributed by atoms with E-state index in [-0.39, 0.29) is 0 Å². The third-order valence-electron chi connectivity index (χ3n) is 3.28. The van der Waals surface area contributed by atoms with Gasteiger partial charge in [-0.1, -0.05) is 6.07 Å². The second kappa shape index (κ2) is 5.76. The minimum atomic E-state index is 0.676. The molecule has 5 heteroatoms. The van der Waals surface area contributed by atoms with Crippen LogP contribution >= 0.6 is 24.6 Å². The molecule has 0 bridgehead atoms. The standard InChI is InChI=1S/C16H13N3S2/c1-10-2-7-14(16-15(10)11(8-17)9-18-16)19-21-13-5-3-12(20)4-6-13/h2-7,9,18-20H,1H3. The molecule has 21 heavy (non-hydrogen) atoms. The third kappa shape index (κ3) is 2.73. The summed E-state index contributed by atoms with van der Waals surface area (Å²) in [6.45, 7) is 2.01. The molecule has 0 atom stereocenters. The quantitative estimate of drug-likeness (QED) is 0.483. The number of rotatable bonds is 3. The van der Waals surface area contributed by atoms with Crippen LogP contribution in [-0.4, -0.2) is 4.98 Å². The Bertz CT molecular complexity index is 829. The first-order valence-corrected chi connectivity index (χ1v) is 7.68. The number of fused-ring (bicyclic) bond motifs is 1. The molecule has 104 valence electrons. The fourth-order valence-corrected chi connectivity index (χ4v) is 3.04. The van der Waals surface area contributed by atoms with Crippen LogP contribution < -0.4 is 4.72 Å². The Morgan fingerprint density at radius 3 is 2.67 bits per heavy atom. The lowest BCUT2D eigenvalue weighted by molar-refractivity contribution is 1.36. The van der Waals surface area contributed by atoms with E-state index in [0.717, 1.165) is 31.9 Å². The van der Waals surface area contributed by atoms with Crippen LogP contribution in [0.5, 0.6) is 0 Å². The molecule has 0 fully saturated rings. The predicted molar refractivity (Wildman–Crippen MR) is 90.9 cm³/mol. The summed E-state index contributed by atoms with van der Waals surface area (Å²) in [4.78, 5) is 5.23. The molecule has 0 unspecified atom stereocenters. The molecular weight excluding hydrogens is 298 g/mol. The van der Waals surface area contributed by atoms with E-state index in [1.807, 2.05) is 43.3 Å². The van der Waals surface area contributed by atoms with Crippen molar-refractivity contribution in [2.45, 2.75) is 16.7 Å². The van der Waals surface area contributed by atoms with E-state index in [1.165, 1.54) is 11.9 Å². The number of H-pyrrole nitrogens is 1. The Labute approximate surface area is 132 Å². The average Bonchev–Trinajstić information content (AvgIpc) is 2.93. The number of aryl methyl sites for hydroxylation is 1. The highest BCUT2D eigenvalue weighted by atomic mass is 32.2. The lowest BCUT2D eigenvalue weighted by Gasteiger charge is -2.08. The number of nitrogens with zero attached hydrogens (tertiary/aromatic N) is 1. The van der Waals surface area contributed by atoms with Gasteiger partial charge in [0.05, 0.1) is 16.8 Å². The van der Waals surface area contributed by atoms with Crippen LogP contribution in [0.2, 0.25) is 0 Å². The van der Waals surface area contributed by atoms with E-state index < -0.39 is 0 Å². The first-order chi connectivity index (χ1) is 10.2. The van der Waals surface area contributed by atoms with Crippen LogP contribution in [-0.2, 0) is 0 Å². The number of nitrogens with one attached hydrogen (secondary N) is 2. The van der Waals surface area contributed by atoms with Crippen molar-refractivity contribution in [2.24, 2.45) is 0 Å². The summed E-state index contributed by atoms with van der Waals surface area (Å²) in [5.74, 6) is 0. The lowest BCUT2D eigenvalue weighted by Crippen LogP contribution is -1.89. The van der Waals surface area contributed by atoms with Crippen molar-refractivity contribution >= 4 is 41.2 Å². The minimum absolute atomic E-state index is 0.676. The molecule has 0 aliphatic heterocycles. The van der Waals surface area contributed by atoms with Gasteiger partial charge in [-0.2, -0.15) is 5.26 Å². The zero-order valence-corrected chi connectivity index (χ0v) is 13.1. The molecule has 0 aliphatic carbocycles. The van der Waals surface area contributed by atoms with Crippen LogP contribution in [0.15, 0.2) is 52.4 Å². The molecule has 0 spiro atoms. The van der Waals surface area contributed by atoms with E-state index in [2.05, 4.69) is 28.4 Å². The fraction of sp³-hybridized carbons (Fsp3) is 0.0625. The zero-order valence-electron chi connectivity index (χ0n) is 11.3. The van der Waals surface area contributed by atoms with Gasteiger partial charge in [0.1, 0.15) is 6.07 Å². The maximum absolute atomic E-state index is 9.17. The molecule has 0 aliphatic rings. The van der Waals surface area contributed by atoms with Gasteiger partial charge in [-0.05, 0) is 54.8 Å². The van der Waals surface area contributed by atoms with Gasteiger partial charge in [0, 0.05) is 21.4 Å². The van der Waals surface area contributed by atoms with E-state index in [0.29, 0.717) is 5.56 Å². The number of hydrogen-bond acceptors (Lipinski definition) is 4. The van der Waals surface area contributed by atoms with E-state index in [9.17, 15) is 5.26 Å². The van der Waals surface area contributed by atoms with Crippen LogP contribution in [0, 0.1) is 18.3 Å².